The van der Waals surface area contributed by atoms with Crippen molar-refractivity contribution in [2.75, 3.05) is 6.54 Å². The minimum Gasteiger partial charge on any atom is -0.300 e. The standard InChI is InChI=1S/C15H25NO/c1-12(17)13-6-10-15-8-3-4-11-16(15)14(13,2)7-5-9-15/h13H,3-11H2,1-2H3. The van der Waals surface area contributed by atoms with Crippen LogP contribution in [-0.2, 0) is 4.79 Å². The van der Waals surface area contributed by atoms with Gasteiger partial charge < -0.3 is 0 Å². The van der Waals surface area contributed by atoms with Gasteiger partial charge in [0.1, 0.15) is 5.78 Å². The topological polar surface area (TPSA) is 20.3 Å². The molecule has 0 aliphatic carbocycles. The van der Waals surface area contributed by atoms with Gasteiger partial charge in [-0.3, -0.25) is 9.69 Å². The fraction of sp³-hybridized carbons (Fsp3) is 0.933. The molecule has 0 aromatic rings. The van der Waals surface area contributed by atoms with Crippen molar-refractivity contribution in [2.24, 2.45) is 5.92 Å². The molecule has 3 saturated heterocycles. The van der Waals surface area contributed by atoms with E-state index in [0.29, 0.717) is 17.2 Å². The average Bonchev–Trinajstić information content (AvgIpc) is 2.28. The summed E-state index contributed by atoms with van der Waals surface area (Å²) < 4.78 is 0. The van der Waals surface area contributed by atoms with E-state index < -0.39 is 0 Å². The highest BCUT2D eigenvalue weighted by Gasteiger charge is 2.57. The highest BCUT2D eigenvalue weighted by molar-refractivity contribution is 5.80. The zero-order chi connectivity index (χ0) is 12.1. The lowest BCUT2D eigenvalue weighted by molar-refractivity contribution is -0.157. The second kappa shape index (κ2) is 3.81. The summed E-state index contributed by atoms with van der Waals surface area (Å²) in [6, 6.07) is 0. The fourth-order valence-corrected chi connectivity index (χ4v) is 5.18. The number of Topliss-reactive ketones (excluding diaryl/α,β-unsaturated/α-hetero) is 1. The van der Waals surface area contributed by atoms with Crippen molar-refractivity contribution in [3.63, 3.8) is 0 Å². The van der Waals surface area contributed by atoms with E-state index in [1.54, 1.807) is 0 Å². The highest BCUT2D eigenvalue weighted by Crippen LogP contribution is 2.54. The molecular weight excluding hydrogens is 210 g/mol. The van der Waals surface area contributed by atoms with Gasteiger partial charge in [0.05, 0.1) is 0 Å². The van der Waals surface area contributed by atoms with E-state index in [1.807, 2.05) is 6.92 Å². The van der Waals surface area contributed by atoms with Crippen LogP contribution in [0.5, 0.6) is 0 Å². The number of rotatable bonds is 1. The Morgan fingerprint density at radius 1 is 1.12 bits per heavy atom. The van der Waals surface area contributed by atoms with Crippen LogP contribution in [0.4, 0.5) is 0 Å². The summed E-state index contributed by atoms with van der Waals surface area (Å²) in [4.78, 5) is 14.7. The van der Waals surface area contributed by atoms with Gasteiger partial charge in [0.25, 0.3) is 0 Å². The molecule has 2 nitrogen and oxygen atoms in total. The molecule has 3 aliphatic rings. The van der Waals surface area contributed by atoms with Crippen LogP contribution in [0.25, 0.3) is 0 Å². The van der Waals surface area contributed by atoms with Gasteiger partial charge in [-0.15, -0.1) is 0 Å². The summed E-state index contributed by atoms with van der Waals surface area (Å²) in [5.41, 5.74) is 0.667. The minimum atomic E-state index is 0.183. The Balaban J connectivity index is 1.98. The maximum atomic E-state index is 11.9. The first-order valence-corrected chi connectivity index (χ1v) is 7.37. The zero-order valence-electron chi connectivity index (χ0n) is 11.3. The predicted molar refractivity (Wildman–Crippen MR) is 68.9 cm³/mol. The molecule has 3 unspecified atom stereocenters. The molecule has 3 aliphatic heterocycles. The average molecular weight is 235 g/mol. The largest absolute Gasteiger partial charge is 0.300 e. The van der Waals surface area contributed by atoms with E-state index in [1.165, 1.54) is 51.5 Å². The molecule has 0 spiro atoms. The molecule has 3 atom stereocenters. The van der Waals surface area contributed by atoms with E-state index in [2.05, 4.69) is 11.8 Å². The second-order valence-electron chi connectivity index (χ2n) is 6.75. The molecule has 2 heteroatoms. The predicted octanol–water partition coefficient (Wildman–Crippen LogP) is 3.15. The van der Waals surface area contributed by atoms with Crippen molar-refractivity contribution >= 4 is 5.78 Å². The molecule has 0 aromatic heterocycles. The van der Waals surface area contributed by atoms with Crippen molar-refractivity contribution in [1.82, 2.24) is 4.90 Å². The van der Waals surface area contributed by atoms with Crippen molar-refractivity contribution in [2.45, 2.75) is 76.3 Å². The van der Waals surface area contributed by atoms with Crippen LogP contribution in [0, 0.1) is 5.92 Å². The Morgan fingerprint density at radius 2 is 1.88 bits per heavy atom. The first-order valence-electron chi connectivity index (χ1n) is 7.37. The number of carbonyl (C=O) groups is 1. The molecule has 0 aromatic carbocycles. The first-order chi connectivity index (χ1) is 8.08. The summed E-state index contributed by atoms with van der Waals surface area (Å²) in [6.07, 6.45) is 10.5. The third-order valence-corrected chi connectivity index (χ3v) is 5.93. The lowest BCUT2D eigenvalue weighted by atomic mass is 9.60. The van der Waals surface area contributed by atoms with E-state index in [9.17, 15) is 4.79 Å². The Labute approximate surface area is 105 Å². The molecule has 0 radical (unpaired) electrons. The molecule has 0 N–H and O–H groups in total. The molecular formula is C15H25NO. The van der Waals surface area contributed by atoms with Crippen LogP contribution in [0.1, 0.15) is 65.2 Å². The third kappa shape index (κ3) is 1.53. The molecule has 17 heavy (non-hydrogen) atoms. The number of hydrogen-bond donors (Lipinski definition) is 0. The number of nitrogens with zero attached hydrogens (tertiary/aromatic N) is 1. The monoisotopic (exact) mass is 235 g/mol. The van der Waals surface area contributed by atoms with Gasteiger partial charge in [-0.25, -0.2) is 0 Å². The summed E-state index contributed by atoms with van der Waals surface area (Å²) in [5.74, 6) is 0.725. The van der Waals surface area contributed by atoms with Crippen LogP contribution in [0.15, 0.2) is 0 Å². The SMILES string of the molecule is CC(=O)C1CCC23CCCCN2C1(C)CCC3. The lowest BCUT2D eigenvalue weighted by Crippen LogP contribution is -2.70. The summed E-state index contributed by atoms with van der Waals surface area (Å²) >= 11 is 0. The van der Waals surface area contributed by atoms with Gasteiger partial charge in [0, 0.05) is 17.0 Å². The van der Waals surface area contributed by atoms with Crippen LogP contribution in [-0.4, -0.2) is 28.3 Å². The van der Waals surface area contributed by atoms with Crippen LogP contribution in [0.2, 0.25) is 0 Å². The molecule has 3 fully saturated rings. The summed E-state index contributed by atoms with van der Waals surface area (Å²) in [6.45, 7) is 5.42. The van der Waals surface area contributed by atoms with Crippen molar-refractivity contribution in [3.05, 3.63) is 0 Å². The molecule has 0 amide bonds. The van der Waals surface area contributed by atoms with Crippen molar-refractivity contribution < 1.29 is 4.79 Å². The molecule has 3 heterocycles. The maximum Gasteiger partial charge on any atom is 0.134 e. The van der Waals surface area contributed by atoms with Crippen LogP contribution < -0.4 is 0 Å². The van der Waals surface area contributed by atoms with Gasteiger partial charge in [-0.1, -0.05) is 6.42 Å². The minimum absolute atomic E-state index is 0.183. The number of carbonyl (C=O) groups excluding carboxylic acids is 1. The molecule has 3 rings (SSSR count). The number of hydrogen-bond acceptors (Lipinski definition) is 2. The van der Waals surface area contributed by atoms with Gasteiger partial charge in [0.15, 0.2) is 0 Å². The Bertz CT molecular complexity index is 336. The Morgan fingerprint density at radius 3 is 2.65 bits per heavy atom. The first kappa shape index (κ1) is 11.7. The van der Waals surface area contributed by atoms with Gasteiger partial charge in [-0.05, 0) is 65.3 Å². The van der Waals surface area contributed by atoms with Gasteiger partial charge in [-0.2, -0.15) is 0 Å². The molecule has 0 saturated carbocycles. The lowest BCUT2D eigenvalue weighted by Gasteiger charge is -2.65. The fourth-order valence-electron chi connectivity index (χ4n) is 5.18. The highest BCUT2D eigenvalue weighted by atomic mass is 16.1. The smallest absolute Gasteiger partial charge is 0.134 e. The molecule has 2 bridgehead atoms. The Hall–Kier alpha value is -0.370. The number of ketones is 1. The summed E-state index contributed by atoms with van der Waals surface area (Å²) in [7, 11) is 0. The van der Waals surface area contributed by atoms with Crippen molar-refractivity contribution in [1.29, 1.82) is 0 Å². The van der Waals surface area contributed by atoms with E-state index in [4.69, 9.17) is 0 Å². The third-order valence-electron chi connectivity index (χ3n) is 5.93. The van der Waals surface area contributed by atoms with E-state index in [0.717, 1.165) is 6.42 Å². The quantitative estimate of drug-likeness (QED) is 0.696. The summed E-state index contributed by atoms with van der Waals surface area (Å²) in [5, 5.41) is 0. The van der Waals surface area contributed by atoms with Crippen molar-refractivity contribution in [3.8, 4) is 0 Å². The number of piperidine rings is 3. The Kier molecular flexibility index (Phi) is 2.62. The second-order valence-corrected chi connectivity index (χ2v) is 6.75. The zero-order valence-corrected chi connectivity index (χ0v) is 11.3. The maximum absolute atomic E-state index is 11.9. The normalized spacial score (nSPS) is 46.4. The van der Waals surface area contributed by atoms with Gasteiger partial charge >= 0.3 is 0 Å². The molecule has 96 valence electrons. The van der Waals surface area contributed by atoms with Gasteiger partial charge in [0.2, 0.25) is 0 Å². The van der Waals surface area contributed by atoms with E-state index in [-0.39, 0.29) is 5.54 Å². The van der Waals surface area contributed by atoms with E-state index >= 15 is 0 Å². The van der Waals surface area contributed by atoms with Crippen LogP contribution >= 0.6 is 0 Å². The van der Waals surface area contributed by atoms with Crippen LogP contribution in [0.3, 0.4) is 0 Å².